The van der Waals surface area contributed by atoms with Gasteiger partial charge in [0.2, 0.25) is 0 Å². The molecule has 0 aliphatic carbocycles. The number of H-pyrrole nitrogens is 1. The molecule has 2 aromatic rings. The van der Waals surface area contributed by atoms with E-state index < -0.39 is 0 Å². The first kappa shape index (κ1) is 11.3. The molecule has 0 aliphatic rings. The summed E-state index contributed by atoms with van der Waals surface area (Å²) in [5, 5.41) is 16.4. The lowest BCUT2D eigenvalue weighted by molar-refractivity contribution is 0.373. The smallest absolute Gasteiger partial charge is 0.161 e. The van der Waals surface area contributed by atoms with Crippen LogP contribution in [0.3, 0.4) is 0 Å². The number of aromatic hydroxyl groups is 1. The number of hydrogen-bond donors (Lipinski definition) is 2. The molecule has 1 aromatic heterocycles. The lowest BCUT2D eigenvalue weighted by Gasteiger charge is -2.03. The van der Waals surface area contributed by atoms with Crippen molar-refractivity contribution in [3.8, 4) is 11.5 Å². The van der Waals surface area contributed by atoms with Crippen molar-refractivity contribution in [3.63, 3.8) is 0 Å². The Balaban J connectivity index is 2.21. The van der Waals surface area contributed by atoms with Crippen molar-refractivity contribution in [2.24, 2.45) is 0 Å². The van der Waals surface area contributed by atoms with Gasteiger partial charge in [0.15, 0.2) is 11.5 Å². The number of nitrogens with one attached hydrogen (secondary N) is 1. The van der Waals surface area contributed by atoms with E-state index in [2.05, 4.69) is 10.2 Å². The Bertz CT molecular complexity index is 544. The van der Waals surface area contributed by atoms with Gasteiger partial charge in [-0.15, -0.1) is 0 Å². The van der Waals surface area contributed by atoms with Gasteiger partial charge >= 0.3 is 0 Å². The van der Waals surface area contributed by atoms with Crippen molar-refractivity contribution < 1.29 is 9.84 Å². The first-order valence-corrected chi connectivity index (χ1v) is 5.26. The number of nitrogens with zero attached hydrogens (tertiary/aromatic N) is 1. The van der Waals surface area contributed by atoms with Crippen molar-refractivity contribution in [1.29, 1.82) is 0 Å². The minimum Gasteiger partial charge on any atom is -0.504 e. The number of methoxy groups -OCH3 is 1. The van der Waals surface area contributed by atoms with Gasteiger partial charge < -0.3 is 9.84 Å². The fraction of sp³-hybridized carbons (Fsp3) is 0.154. The van der Waals surface area contributed by atoms with Crippen LogP contribution in [0.4, 0.5) is 0 Å². The van der Waals surface area contributed by atoms with Gasteiger partial charge in [0.1, 0.15) is 0 Å². The number of hydrogen-bond acceptors (Lipinski definition) is 3. The summed E-state index contributed by atoms with van der Waals surface area (Å²) in [6.45, 7) is 1.95. The van der Waals surface area contributed by atoms with Crippen LogP contribution < -0.4 is 4.74 Å². The Morgan fingerprint density at radius 2 is 2.12 bits per heavy atom. The van der Waals surface area contributed by atoms with Crippen molar-refractivity contribution in [2.75, 3.05) is 7.11 Å². The maximum absolute atomic E-state index is 9.46. The molecular weight excluding hydrogens is 216 g/mol. The topological polar surface area (TPSA) is 58.1 Å². The molecule has 1 aromatic carbocycles. The summed E-state index contributed by atoms with van der Waals surface area (Å²) < 4.78 is 5.04. The number of phenolic OH excluding ortho intramolecular Hbond substituents is 1. The van der Waals surface area contributed by atoms with Gasteiger partial charge in [-0.05, 0) is 36.8 Å². The van der Waals surface area contributed by atoms with E-state index in [1.54, 1.807) is 12.1 Å². The number of phenols is 1. The van der Waals surface area contributed by atoms with E-state index in [4.69, 9.17) is 4.74 Å². The van der Waals surface area contributed by atoms with Crippen molar-refractivity contribution in [3.05, 3.63) is 41.2 Å². The van der Waals surface area contributed by atoms with Gasteiger partial charge in [0.25, 0.3) is 0 Å². The van der Waals surface area contributed by atoms with Crippen LogP contribution in [0.15, 0.2) is 24.3 Å². The maximum Gasteiger partial charge on any atom is 0.161 e. The third-order valence-corrected chi connectivity index (χ3v) is 2.38. The Labute approximate surface area is 99.6 Å². The average Bonchev–Trinajstić information content (AvgIpc) is 2.74. The first-order chi connectivity index (χ1) is 8.19. The lowest BCUT2D eigenvalue weighted by atomic mass is 10.2. The van der Waals surface area contributed by atoms with Crippen LogP contribution in [0.25, 0.3) is 12.2 Å². The van der Waals surface area contributed by atoms with E-state index in [9.17, 15) is 5.11 Å². The zero-order valence-electron chi connectivity index (χ0n) is 9.77. The second-order valence-corrected chi connectivity index (χ2v) is 3.74. The molecule has 0 bridgehead atoms. The molecule has 0 fully saturated rings. The van der Waals surface area contributed by atoms with Crippen molar-refractivity contribution >= 4 is 12.2 Å². The van der Waals surface area contributed by atoms with Crippen molar-refractivity contribution in [2.45, 2.75) is 6.92 Å². The zero-order chi connectivity index (χ0) is 12.3. The molecule has 2 N–H and O–H groups in total. The number of aryl methyl sites for hydroxylation is 1. The highest BCUT2D eigenvalue weighted by atomic mass is 16.5. The molecule has 2 rings (SSSR count). The lowest BCUT2D eigenvalue weighted by Crippen LogP contribution is -1.84. The van der Waals surface area contributed by atoms with Gasteiger partial charge in [0, 0.05) is 5.69 Å². The predicted molar refractivity (Wildman–Crippen MR) is 66.9 cm³/mol. The molecule has 0 radical (unpaired) electrons. The highest BCUT2D eigenvalue weighted by Gasteiger charge is 2.00. The second-order valence-electron chi connectivity index (χ2n) is 3.74. The first-order valence-electron chi connectivity index (χ1n) is 5.26. The largest absolute Gasteiger partial charge is 0.504 e. The molecule has 1 heterocycles. The van der Waals surface area contributed by atoms with Gasteiger partial charge in [-0.25, -0.2) is 0 Å². The Kier molecular flexibility index (Phi) is 3.14. The second kappa shape index (κ2) is 4.74. The van der Waals surface area contributed by atoms with Crippen LogP contribution in [0.1, 0.15) is 17.0 Å². The van der Waals surface area contributed by atoms with Crippen molar-refractivity contribution in [1.82, 2.24) is 10.2 Å². The monoisotopic (exact) mass is 230 g/mol. The Hall–Kier alpha value is -2.23. The molecule has 0 amide bonds. The quantitative estimate of drug-likeness (QED) is 0.852. The molecule has 0 saturated carbocycles. The van der Waals surface area contributed by atoms with E-state index in [1.807, 2.05) is 31.2 Å². The Morgan fingerprint density at radius 3 is 2.76 bits per heavy atom. The molecule has 0 spiro atoms. The van der Waals surface area contributed by atoms with Gasteiger partial charge in [0.05, 0.1) is 12.8 Å². The highest BCUT2D eigenvalue weighted by molar-refractivity contribution is 5.69. The fourth-order valence-corrected chi connectivity index (χ4v) is 1.50. The number of benzene rings is 1. The minimum absolute atomic E-state index is 0.139. The molecule has 88 valence electrons. The zero-order valence-corrected chi connectivity index (χ0v) is 9.77. The predicted octanol–water partition coefficient (Wildman–Crippen LogP) is 2.60. The molecule has 0 unspecified atom stereocenters. The third kappa shape index (κ3) is 2.66. The number of aromatic nitrogens is 2. The summed E-state index contributed by atoms with van der Waals surface area (Å²) in [6, 6.07) is 7.14. The van der Waals surface area contributed by atoms with Gasteiger partial charge in [-0.1, -0.05) is 12.1 Å². The number of ether oxygens (including phenoxy) is 1. The normalized spacial score (nSPS) is 10.9. The summed E-state index contributed by atoms with van der Waals surface area (Å²) >= 11 is 0. The maximum atomic E-state index is 9.46. The average molecular weight is 230 g/mol. The number of rotatable bonds is 3. The highest BCUT2D eigenvalue weighted by Crippen LogP contribution is 2.26. The van der Waals surface area contributed by atoms with Crippen LogP contribution in [-0.4, -0.2) is 22.4 Å². The SMILES string of the molecule is COc1cc(/C=C/c2cc(C)[nH]n2)ccc1O. The summed E-state index contributed by atoms with van der Waals surface area (Å²) in [5.74, 6) is 0.602. The van der Waals surface area contributed by atoms with Crippen LogP contribution in [0.2, 0.25) is 0 Å². The van der Waals surface area contributed by atoms with Crippen LogP contribution in [0.5, 0.6) is 11.5 Å². The van der Waals surface area contributed by atoms with Gasteiger partial charge in [-0.3, -0.25) is 5.10 Å². The molecule has 4 nitrogen and oxygen atoms in total. The molecule has 0 aliphatic heterocycles. The van der Waals surface area contributed by atoms with Crippen LogP contribution in [0, 0.1) is 6.92 Å². The standard InChI is InChI=1S/C13H14N2O2/c1-9-7-11(15-14-9)5-3-10-4-6-12(16)13(8-10)17-2/h3-8,16H,1-2H3,(H,14,15)/b5-3+. The van der Waals surface area contributed by atoms with E-state index in [1.165, 1.54) is 7.11 Å². The number of aromatic amines is 1. The molecule has 0 saturated heterocycles. The van der Waals surface area contributed by atoms with Gasteiger partial charge in [-0.2, -0.15) is 5.10 Å². The van der Waals surface area contributed by atoms with E-state index in [0.29, 0.717) is 5.75 Å². The molecule has 0 atom stereocenters. The van der Waals surface area contributed by atoms with Crippen LogP contribution >= 0.6 is 0 Å². The van der Waals surface area contributed by atoms with E-state index >= 15 is 0 Å². The fourth-order valence-electron chi connectivity index (χ4n) is 1.50. The summed E-state index contributed by atoms with van der Waals surface area (Å²) in [4.78, 5) is 0. The van der Waals surface area contributed by atoms with E-state index in [-0.39, 0.29) is 5.75 Å². The molecule has 4 heteroatoms. The summed E-state index contributed by atoms with van der Waals surface area (Å²) in [7, 11) is 1.53. The van der Waals surface area contributed by atoms with E-state index in [0.717, 1.165) is 17.0 Å². The summed E-state index contributed by atoms with van der Waals surface area (Å²) in [5.41, 5.74) is 2.84. The van der Waals surface area contributed by atoms with Crippen LogP contribution in [-0.2, 0) is 0 Å². The third-order valence-electron chi connectivity index (χ3n) is 2.38. The molecule has 17 heavy (non-hydrogen) atoms. The molecular formula is C13H14N2O2. The Morgan fingerprint density at radius 1 is 1.29 bits per heavy atom. The summed E-state index contributed by atoms with van der Waals surface area (Å²) in [6.07, 6.45) is 3.81. The minimum atomic E-state index is 0.139.